The van der Waals surface area contributed by atoms with Crippen LogP contribution in [0, 0.1) is 5.92 Å². The number of azide groups is 1. The number of hydrogen-bond acceptors (Lipinski definition) is 4. The smallest absolute Gasteiger partial charge is 0.147 e. The topological polar surface area (TPSA) is 87.5 Å². The lowest BCUT2D eigenvalue weighted by molar-refractivity contribution is -0.0762. The van der Waals surface area contributed by atoms with Gasteiger partial charge in [0.05, 0.1) is 12.7 Å². The molecule has 0 aromatic carbocycles. The molecule has 0 radical (unpaired) electrons. The van der Waals surface area contributed by atoms with E-state index in [4.69, 9.17) is 20.1 Å². The third-order valence-electron chi connectivity index (χ3n) is 2.78. The van der Waals surface area contributed by atoms with Crippen LogP contribution in [-0.2, 0) is 9.47 Å². The van der Waals surface area contributed by atoms with Gasteiger partial charge in [0, 0.05) is 18.1 Å². The number of aliphatic hydroxyl groups is 1. The molecule has 0 amide bonds. The van der Waals surface area contributed by atoms with E-state index in [-0.39, 0.29) is 31.5 Å². The van der Waals surface area contributed by atoms with Gasteiger partial charge in [0.25, 0.3) is 0 Å². The number of hydrogen-bond donors (Lipinski definition) is 1. The Balaban J connectivity index is 2.76. The summed E-state index contributed by atoms with van der Waals surface area (Å²) < 4.78 is 10.3. The minimum absolute atomic E-state index is 0.0307. The maximum atomic E-state index is 9.12. The number of rotatable bonds is 5. The van der Waals surface area contributed by atoms with Gasteiger partial charge in [-0.15, -0.1) is 0 Å². The monoisotopic (exact) mass is 227 g/mol. The minimum atomic E-state index is -0.175. The molecule has 0 aromatic heterocycles. The Labute approximate surface area is 94.5 Å². The van der Waals surface area contributed by atoms with Gasteiger partial charge in [-0.1, -0.05) is 18.1 Å². The average molecular weight is 227 g/mol. The summed E-state index contributed by atoms with van der Waals surface area (Å²) in [6.45, 7) is 2.12. The fourth-order valence-electron chi connectivity index (χ4n) is 1.80. The second kappa shape index (κ2) is 6.50. The third kappa shape index (κ3) is 3.21. The summed E-state index contributed by atoms with van der Waals surface area (Å²) in [5, 5.41) is 12.8. The van der Waals surface area contributed by atoms with Gasteiger partial charge in [-0.3, -0.25) is 0 Å². The number of nitrogens with zero attached hydrogens (tertiary/aromatic N) is 3. The molecule has 0 spiro atoms. The lowest BCUT2D eigenvalue weighted by atomic mass is 9.84. The second-order valence-electron chi connectivity index (χ2n) is 3.86. The lowest BCUT2D eigenvalue weighted by Gasteiger charge is -2.31. The maximum absolute atomic E-state index is 9.12. The number of aliphatic hydroxyl groups excluding tert-OH is 1. The molecule has 16 heavy (non-hydrogen) atoms. The van der Waals surface area contributed by atoms with Gasteiger partial charge in [0.2, 0.25) is 0 Å². The Bertz CT molecular complexity index is 300. The molecule has 0 aliphatic heterocycles. The number of methoxy groups -OCH3 is 1. The molecular weight excluding hydrogens is 210 g/mol. The summed E-state index contributed by atoms with van der Waals surface area (Å²) in [6, 6.07) is -0.168. The summed E-state index contributed by atoms with van der Waals surface area (Å²) in [5.74, 6) is 0.0846. The summed E-state index contributed by atoms with van der Waals surface area (Å²) >= 11 is 0. The van der Waals surface area contributed by atoms with E-state index in [1.54, 1.807) is 7.11 Å². The molecule has 0 saturated carbocycles. The predicted octanol–water partition coefficient (Wildman–Crippen LogP) is 1.61. The van der Waals surface area contributed by atoms with Gasteiger partial charge in [-0.05, 0) is 23.4 Å². The SMILES string of the molecule is COCOC1C=C(CO)CC(N=[N+]=[N-])[C@H]1C. The molecule has 0 saturated heterocycles. The van der Waals surface area contributed by atoms with Crippen molar-refractivity contribution in [3.63, 3.8) is 0 Å². The summed E-state index contributed by atoms with van der Waals surface area (Å²) in [4.78, 5) is 2.82. The standard InChI is InChI=1S/C10H17N3O3/c1-7-9(12-13-11)3-8(5-14)4-10(7)16-6-15-2/h4,7,9-10,14H,3,5-6H2,1-2H3/t7-,9?,10?/m1/s1. The van der Waals surface area contributed by atoms with E-state index in [0.29, 0.717) is 6.42 Å². The molecule has 1 rings (SSSR count). The van der Waals surface area contributed by atoms with Crippen LogP contribution in [0.2, 0.25) is 0 Å². The fraction of sp³-hybridized carbons (Fsp3) is 0.800. The fourth-order valence-corrected chi connectivity index (χ4v) is 1.80. The predicted molar refractivity (Wildman–Crippen MR) is 58.6 cm³/mol. The zero-order chi connectivity index (χ0) is 12.0. The zero-order valence-corrected chi connectivity index (χ0v) is 9.54. The Morgan fingerprint density at radius 1 is 1.69 bits per heavy atom. The maximum Gasteiger partial charge on any atom is 0.147 e. The normalized spacial score (nSPS) is 29.4. The minimum Gasteiger partial charge on any atom is -0.392 e. The van der Waals surface area contributed by atoms with E-state index in [1.807, 2.05) is 13.0 Å². The first-order valence-corrected chi connectivity index (χ1v) is 5.18. The summed E-state index contributed by atoms with van der Waals surface area (Å²) in [5.41, 5.74) is 9.31. The van der Waals surface area contributed by atoms with Crippen molar-refractivity contribution in [2.45, 2.75) is 25.5 Å². The highest BCUT2D eigenvalue weighted by molar-refractivity contribution is 5.15. The van der Waals surface area contributed by atoms with E-state index >= 15 is 0 Å². The van der Waals surface area contributed by atoms with Crippen molar-refractivity contribution in [2.24, 2.45) is 11.0 Å². The van der Waals surface area contributed by atoms with Crippen molar-refractivity contribution in [1.29, 1.82) is 0 Å². The second-order valence-corrected chi connectivity index (χ2v) is 3.86. The van der Waals surface area contributed by atoms with Crippen molar-refractivity contribution in [1.82, 2.24) is 0 Å². The third-order valence-corrected chi connectivity index (χ3v) is 2.78. The van der Waals surface area contributed by atoms with E-state index in [2.05, 4.69) is 10.0 Å². The molecule has 1 N–H and O–H groups in total. The largest absolute Gasteiger partial charge is 0.392 e. The quantitative estimate of drug-likeness (QED) is 0.254. The van der Waals surface area contributed by atoms with Crippen LogP contribution in [0.25, 0.3) is 10.4 Å². The highest BCUT2D eigenvalue weighted by Crippen LogP contribution is 2.28. The first-order chi connectivity index (χ1) is 7.72. The first-order valence-electron chi connectivity index (χ1n) is 5.18. The summed E-state index contributed by atoms with van der Waals surface area (Å²) in [7, 11) is 1.55. The van der Waals surface area contributed by atoms with Crippen molar-refractivity contribution in [3.8, 4) is 0 Å². The summed E-state index contributed by atoms with van der Waals surface area (Å²) in [6.07, 6.45) is 2.30. The molecule has 6 nitrogen and oxygen atoms in total. The Hall–Kier alpha value is -1.07. The van der Waals surface area contributed by atoms with Gasteiger partial charge in [-0.25, -0.2) is 0 Å². The highest BCUT2D eigenvalue weighted by Gasteiger charge is 2.29. The van der Waals surface area contributed by atoms with Crippen molar-refractivity contribution in [3.05, 3.63) is 22.1 Å². The highest BCUT2D eigenvalue weighted by atomic mass is 16.7. The van der Waals surface area contributed by atoms with Gasteiger partial charge in [0.1, 0.15) is 6.79 Å². The molecule has 2 unspecified atom stereocenters. The van der Waals surface area contributed by atoms with Crippen LogP contribution < -0.4 is 0 Å². The number of ether oxygens (including phenoxy) is 2. The van der Waals surface area contributed by atoms with Gasteiger partial charge in [0.15, 0.2) is 0 Å². The van der Waals surface area contributed by atoms with Crippen LogP contribution in [0.3, 0.4) is 0 Å². The molecule has 90 valence electrons. The molecule has 6 heteroatoms. The molecule has 0 heterocycles. The average Bonchev–Trinajstić information content (AvgIpc) is 2.30. The lowest BCUT2D eigenvalue weighted by Crippen LogP contribution is -2.34. The molecule has 0 bridgehead atoms. The first kappa shape index (κ1) is 13.0. The molecule has 1 aliphatic carbocycles. The zero-order valence-electron chi connectivity index (χ0n) is 9.54. The van der Waals surface area contributed by atoms with Crippen LogP contribution >= 0.6 is 0 Å². The van der Waals surface area contributed by atoms with Gasteiger partial charge < -0.3 is 14.6 Å². The Morgan fingerprint density at radius 2 is 2.44 bits per heavy atom. The van der Waals surface area contributed by atoms with E-state index in [0.717, 1.165) is 5.57 Å². The molecule has 0 fully saturated rings. The van der Waals surface area contributed by atoms with Gasteiger partial charge >= 0.3 is 0 Å². The van der Waals surface area contributed by atoms with Crippen molar-refractivity contribution >= 4 is 0 Å². The van der Waals surface area contributed by atoms with Gasteiger partial charge in [-0.2, -0.15) is 0 Å². The van der Waals surface area contributed by atoms with Crippen LogP contribution in [0.5, 0.6) is 0 Å². The van der Waals surface area contributed by atoms with Crippen molar-refractivity contribution in [2.75, 3.05) is 20.5 Å². The molecular formula is C10H17N3O3. The van der Waals surface area contributed by atoms with Crippen LogP contribution in [0.1, 0.15) is 13.3 Å². The van der Waals surface area contributed by atoms with E-state index in [1.165, 1.54) is 0 Å². The van der Waals surface area contributed by atoms with E-state index in [9.17, 15) is 0 Å². The van der Waals surface area contributed by atoms with Crippen LogP contribution in [0.4, 0.5) is 0 Å². The van der Waals surface area contributed by atoms with Crippen LogP contribution in [-0.4, -0.2) is 37.8 Å². The Kier molecular flexibility index (Phi) is 5.28. The Morgan fingerprint density at radius 3 is 3.00 bits per heavy atom. The van der Waals surface area contributed by atoms with Crippen molar-refractivity contribution < 1.29 is 14.6 Å². The van der Waals surface area contributed by atoms with Crippen LogP contribution in [0.15, 0.2) is 16.8 Å². The molecule has 3 atom stereocenters. The molecule has 1 aliphatic rings. The molecule has 0 aromatic rings. The van der Waals surface area contributed by atoms with E-state index < -0.39 is 0 Å².